The van der Waals surface area contributed by atoms with E-state index >= 15 is 0 Å². The van der Waals surface area contributed by atoms with Crippen molar-refractivity contribution in [3.63, 3.8) is 0 Å². The van der Waals surface area contributed by atoms with Gasteiger partial charge in [0.25, 0.3) is 5.91 Å². The van der Waals surface area contributed by atoms with Crippen LogP contribution in [0, 0.1) is 0 Å². The third kappa shape index (κ3) is 4.96. The van der Waals surface area contributed by atoms with Gasteiger partial charge in [0, 0.05) is 5.56 Å². The maximum Gasteiger partial charge on any atom is 0.271 e. The molecular weight excluding hydrogens is 388 g/mol. The van der Waals surface area contributed by atoms with Gasteiger partial charge in [-0.3, -0.25) is 4.79 Å². The average molecular weight is 407 g/mol. The summed E-state index contributed by atoms with van der Waals surface area (Å²) in [5.74, 6) is 1.57. The topological polar surface area (TPSA) is 69.2 Å². The fourth-order valence-corrected chi connectivity index (χ4v) is 2.73. The van der Waals surface area contributed by atoms with Crippen LogP contribution in [0.3, 0.4) is 0 Å². The van der Waals surface area contributed by atoms with Crippen molar-refractivity contribution in [2.75, 3.05) is 20.8 Å². The van der Waals surface area contributed by atoms with Gasteiger partial charge < -0.3 is 14.2 Å². The van der Waals surface area contributed by atoms with Crippen LogP contribution < -0.4 is 19.6 Å². The number of hydrogen-bond donors (Lipinski definition) is 1. The molecular formula is C18H19BrN2O4. The highest BCUT2D eigenvalue weighted by Gasteiger charge is 2.10. The Labute approximate surface area is 154 Å². The molecule has 0 aliphatic rings. The standard InChI is InChI=1S/C18H19BrN2O4/c1-4-25-14-7-5-13(6-8-14)18(22)21-20-11-12-9-15(19)17(24-3)16(10-12)23-2/h5-11H,4H2,1-3H3,(H,21,22)/b20-11-. The largest absolute Gasteiger partial charge is 0.494 e. The summed E-state index contributed by atoms with van der Waals surface area (Å²) in [4.78, 5) is 12.1. The van der Waals surface area contributed by atoms with Gasteiger partial charge in [-0.25, -0.2) is 5.43 Å². The molecule has 0 atom stereocenters. The molecule has 2 rings (SSSR count). The van der Waals surface area contributed by atoms with Crippen LogP contribution >= 0.6 is 15.9 Å². The van der Waals surface area contributed by atoms with E-state index in [0.29, 0.717) is 23.7 Å². The molecule has 0 bridgehead atoms. The Bertz CT molecular complexity index is 760. The number of nitrogens with one attached hydrogen (secondary N) is 1. The zero-order chi connectivity index (χ0) is 18.2. The number of ether oxygens (including phenoxy) is 3. The van der Waals surface area contributed by atoms with E-state index in [1.165, 1.54) is 6.21 Å². The minimum atomic E-state index is -0.307. The number of nitrogens with zero attached hydrogens (tertiary/aromatic N) is 1. The van der Waals surface area contributed by atoms with Gasteiger partial charge in [-0.2, -0.15) is 5.10 Å². The number of carbonyl (C=O) groups is 1. The Balaban J connectivity index is 2.05. The van der Waals surface area contributed by atoms with Crippen molar-refractivity contribution in [1.82, 2.24) is 5.43 Å². The fourth-order valence-electron chi connectivity index (χ4n) is 2.11. The van der Waals surface area contributed by atoms with Crippen molar-refractivity contribution in [3.8, 4) is 17.2 Å². The van der Waals surface area contributed by atoms with Crippen LogP contribution in [0.2, 0.25) is 0 Å². The molecule has 1 amide bonds. The predicted octanol–water partition coefficient (Wildman–Crippen LogP) is 3.63. The summed E-state index contributed by atoms with van der Waals surface area (Å²) in [6, 6.07) is 10.4. The van der Waals surface area contributed by atoms with Gasteiger partial charge in [-0.15, -0.1) is 0 Å². The van der Waals surface area contributed by atoms with Crippen LogP contribution in [0.25, 0.3) is 0 Å². The minimum Gasteiger partial charge on any atom is -0.494 e. The molecule has 25 heavy (non-hydrogen) atoms. The van der Waals surface area contributed by atoms with Crippen LogP contribution in [0.5, 0.6) is 17.2 Å². The van der Waals surface area contributed by atoms with Crippen molar-refractivity contribution in [2.24, 2.45) is 5.10 Å². The molecule has 1 N–H and O–H groups in total. The van der Waals surface area contributed by atoms with Gasteiger partial charge in [0.1, 0.15) is 5.75 Å². The van der Waals surface area contributed by atoms with E-state index < -0.39 is 0 Å². The molecule has 0 unspecified atom stereocenters. The summed E-state index contributed by atoms with van der Waals surface area (Å²) in [5, 5.41) is 3.98. The van der Waals surface area contributed by atoms with E-state index in [1.807, 2.05) is 13.0 Å². The quantitative estimate of drug-likeness (QED) is 0.562. The van der Waals surface area contributed by atoms with Gasteiger partial charge in [0.05, 0.1) is 31.5 Å². The summed E-state index contributed by atoms with van der Waals surface area (Å²) in [6.07, 6.45) is 1.53. The van der Waals surface area contributed by atoms with Crippen LogP contribution in [0.1, 0.15) is 22.8 Å². The van der Waals surface area contributed by atoms with Gasteiger partial charge in [0.15, 0.2) is 11.5 Å². The number of rotatable bonds is 7. The number of benzene rings is 2. The summed E-state index contributed by atoms with van der Waals surface area (Å²) in [5.41, 5.74) is 3.73. The van der Waals surface area contributed by atoms with E-state index in [4.69, 9.17) is 14.2 Å². The van der Waals surface area contributed by atoms with Gasteiger partial charge in [-0.05, 0) is 64.8 Å². The predicted molar refractivity (Wildman–Crippen MR) is 99.9 cm³/mol. The summed E-state index contributed by atoms with van der Waals surface area (Å²) >= 11 is 3.41. The van der Waals surface area contributed by atoms with Crippen molar-refractivity contribution >= 4 is 28.1 Å². The average Bonchev–Trinajstić information content (AvgIpc) is 2.62. The summed E-state index contributed by atoms with van der Waals surface area (Å²) in [6.45, 7) is 2.48. The van der Waals surface area contributed by atoms with Crippen molar-refractivity contribution < 1.29 is 19.0 Å². The molecule has 0 radical (unpaired) electrons. The van der Waals surface area contributed by atoms with Crippen molar-refractivity contribution in [1.29, 1.82) is 0 Å². The molecule has 0 heterocycles. The van der Waals surface area contributed by atoms with Crippen molar-refractivity contribution in [2.45, 2.75) is 6.92 Å². The molecule has 2 aromatic carbocycles. The minimum absolute atomic E-state index is 0.307. The molecule has 0 spiro atoms. The Morgan fingerprint density at radius 1 is 1.20 bits per heavy atom. The summed E-state index contributed by atoms with van der Waals surface area (Å²) in [7, 11) is 3.12. The van der Waals surface area contributed by atoms with Gasteiger partial charge in [0.2, 0.25) is 0 Å². The SMILES string of the molecule is CCOc1ccc(C(=O)N/N=C\c2cc(Br)c(OC)c(OC)c2)cc1. The molecule has 0 saturated heterocycles. The molecule has 132 valence electrons. The maximum absolute atomic E-state index is 12.1. The smallest absolute Gasteiger partial charge is 0.271 e. The number of carbonyl (C=O) groups excluding carboxylic acids is 1. The number of methoxy groups -OCH3 is 2. The second-order valence-corrected chi connectivity index (χ2v) is 5.75. The lowest BCUT2D eigenvalue weighted by Gasteiger charge is -2.10. The molecule has 0 saturated carbocycles. The molecule has 0 aliphatic carbocycles. The number of halogens is 1. The zero-order valence-electron chi connectivity index (χ0n) is 14.2. The first kappa shape index (κ1) is 18.8. The first-order chi connectivity index (χ1) is 12.1. The second kappa shape index (κ2) is 9.08. The number of hydrogen-bond acceptors (Lipinski definition) is 5. The van der Waals surface area contributed by atoms with Crippen LogP contribution in [-0.2, 0) is 0 Å². The highest BCUT2D eigenvalue weighted by Crippen LogP contribution is 2.35. The van der Waals surface area contributed by atoms with Crippen LogP contribution in [0.15, 0.2) is 46.0 Å². The Kier molecular flexibility index (Phi) is 6.82. The van der Waals surface area contributed by atoms with E-state index in [2.05, 4.69) is 26.5 Å². The monoisotopic (exact) mass is 406 g/mol. The Hall–Kier alpha value is -2.54. The molecule has 7 heteroatoms. The zero-order valence-corrected chi connectivity index (χ0v) is 15.8. The number of hydrazone groups is 1. The van der Waals surface area contributed by atoms with E-state index in [0.717, 1.165) is 15.8 Å². The first-order valence-corrected chi connectivity index (χ1v) is 8.36. The second-order valence-electron chi connectivity index (χ2n) is 4.89. The van der Waals surface area contributed by atoms with E-state index in [1.54, 1.807) is 44.6 Å². The van der Waals surface area contributed by atoms with Gasteiger partial charge in [-0.1, -0.05) is 0 Å². The summed E-state index contributed by atoms with van der Waals surface area (Å²) < 4.78 is 16.6. The molecule has 6 nitrogen and oxygen atoms in total. The maximum atomic E-state index is 12.1. The van der Waals surface area contributed by atoms with Gasteiger partial charge >= 0.3 is 0 Å². The third-order valence-electron chi connectivity index (χ3n) is 3.26. The van der Waals surface area contributed by atoms with E-state index in [-0.39, 0.29) is 5.91 Å². The van der Waals surface area contributed by atoms with Crippen LogP contribution in [-0.4, -0.2) is 32.9 Å². The molecule has 0 aromatic heterocycles. The molecule has 0 fully saturated rings. The first-order valence-electron chi connectivity index (χ1n) is 7.56. The fraction of sp³-hybridized carbons (Fsp3) is 0.222. The van der Waals surface area contributed by atoms with Crippen molar-refractivity contribution in [3.05, 3.63) is 52.0 Å². The molecule has 2 aromatic rings. The lowest BCUT2D eigenvalue weighted by Crippen LogP contribution is -2.17. The Morgan fingerprint density at radius 2 is 1.92 bits per heavy atom. The Morgan fingerprint density at radius 3 is 2.52 bits per heavy atom. The molecule has 0 aliphatic heterocycles. The highest BCUT2D eigenvalue weighted by atomic mass is 79.9. The highest BCUT2D eigenvalue weighted by molar-refractivity contribution is 9.10. The van der Waals surface area contributed by atoms with E-state index in [9.17, 15) is 4.79 Å². The lowest BCUT2D eigenvalue weighted by atomic mass is 10.2. The van der Waals surface area contributed by atoms with Crippen LogP contribution in [0.4, 0.5) is 0 Å². The normalized spacial score (nSPS) is 10.6. The number of amides is 1. The lowest BCUT2D eigenvalue weighted by molar-refractivity contribution is 0.0955. The third-order valence-corrected chi connectivity index (χ3v) is 3.85.